The fourth-order valence-electron chi connectivity index (χ4n) is 2.08. The zero-order chi connectivity index (χ0) is 13.0. The van der Waals surface area contributed by atoms with Crippen LogP contribution < -0.4 is 5.32 Å². The van der Waals surface area contributed by atoms with E-state index >= 15 is 0 Å². The number of rotatable bonds is 4. The molecule has 18 heavy (non-hydrogen) atoms. The molecular formula is C13H16Cl3NO. The second-order valence-corrected chi connectivity index (χ2v) is 5.76. The average Bonchev–Trinajstić information content (AvgIpc) is 2.34. The molecule has 0 aromatic heterocycles. The Morgan fingerprint density at radius 3 is 2.50 bits per heavy atom. The summed E-state index contributed by atoms with van der Waals surface area (Å²) in [6.45, 7) is 2.19. The third kappa shape index (κ3) is 4.01. The van der Waals surface area contributed by atoms with Crippen molar-refractivity contribution < 1.29 is 4.74 Å². The number of hydrogen-bond donors (Lipinski definition) is 1. The molecule has 1 fully saturated rings. The van der Waals surface area contributed by atoms with Gasteiger partial charge in [-0.25, -0.2) is 0 Å². The Morgan fingerprint density at radius 2 is 1.89 bits per heavy atom. The Labute approximate surface area is 123 Å². The van der Waals surface area contributed by atoms with E-state index in [-0.39, 0.29) is 0 Å². The van der Waals surface area contributed by atoms with Crippen molar-refractivity contribution in [1.29, 1.82) is 0 Å². The highest BCUT2D eigenvalue weighted by molar-refractivity contribution is 6.39. The first-order valence-electron chi connectivity index (χ1n) is 6.11. The molecule has 2 nitrogen and oxygen atoms in total. The second kappa shape index (κ2) is 6.97. The normalized spacial score (nSPS) is 20.1. The zero-order valence-corrected chi connectivity index (χ0v) is 12.3. The fourth-order valence-corrected chi connectivity index (χ4v) is 3.01. The maximum Gasteiger partial charge on any atom is 0.0746 e. The van der Waals surface area contributed by atoms with Gasteiger partial charge in [0.1, 0.15) is 0 Å². The van der Waals surface area contributed by atoms with Crippen molar-refractivity contribution in [1.82, 2.24) is 5.32 Å². The van der Waals surface area contributed by atoms with Gasteiger partial charge < -0.3 is 10.1 Å². The molecule has 2 rings (SSSR count). The molecule has 1 saturated heterocycles. The highest BCUT2D eigenvalue weighted by atomic mass is 35.5. The molecule has 1 atom stereocenters. The number of piperidine rings is 1. The van der Waals surface area contributed by atoms with Crippen LogP contribution in [0.3, 0.4) is 0 Å². The molecular weight excluding hydrogens is 293 g/mol. The number of ether oxygens (including phenoxy) is 1. The Hall–Kier alpha value is 0.01000. The molecule has 0 aliphatic carbocycles. The lowest BCUT2D eigenvalue weighted by atomic mass is 10.1. The van der Waals surface area contributed by atoms with Gasteiger partial charge in [0, 0.05) is 26.7 Å². The summed E-state index contributed by atoms with van der Waals surface area (Å²) in [6, 6.07) is 3.82. The molecule has 1 heterocycles. The second-order valence-electron chi connectivity index (χ2n) is 4.51. The van der Waals surface area contributed by atoms with Crippen molar-refractivity contribution in [2.45, 2.75) is 31.9 Å². The summed E-state index contributed by atoms with van der Waals surface area (Å²) < 4.78 is 5.69. The summed E-state index contributed by atoms with van der Waals surface area (Å²) in [6.07, 6.45) is 3.69. The number of halogens is 3. The zero-order valence-electron chi connectivity index (χ0n) is 10.0. The van der Waals surface area contributed by atoms with E-state index in [1.165, 1.54) is 19.3 Å². The first-order valence-corrected chi connectivity index (χ1v) is 7.25. The van der Waals surface area contributed by atoms with E-state index in [0.29, 0.717) is 34.3 Å². The smallest absolute Gasteiger partial charge is 0.0746 e. The minimum absolute atomic E-state index is 0.424. The van der Waals surface area contributed by atoms with Crippen LogP contribution in [0.25, 0.3) is 0 Å². The van der Waals surface area contributed by atoms with Gasteiger partial charge in [0.2, 0.25) is 0 Å². The lowest BCUT2D eigenvalue weighted by Gasteiger charge is -2.23. The van der Waals surface area contributed by atoms with E-state index in [4.69, 9.17) is 39.5 Å². The Balaban J connectivity index is 1.86. The predicted molar refractivity (Wildman–Crippen MR) is 76.8 cm³/mol. The molecule has 1 aliphatic heterocycles. The number of nitrogens with one attached hydrogen (secondary N) is 1. The molecule has 0 saturated carbocycles. The molecule has 5 heteroatoms. The van der Waals surface area contributed by atoms with Gasteiger partial charge in [-0.15, -0.1) is 0 Å². The van der Waals surface area contributed by atoms with Crippen LogP contribution >= 0.6 is 34.8 Å². The van der Waals surface area contributed by atoms with Crippen LogP contribution in [0, 0.1) is 0 Å². The van der Waals surface area contributed by atoms with Crippen LogP contribution in [0.5, 0.6) is 0 Å². The maximum atomic E-state index is 6.09. The monoisotopic (exact) mass is 307 g/mol. The minimum atomic E-state index is 0.424. The van der Waals surface area contributed by atoms with Crippen LogP contribution in [-0.2, 0) is 11.3 Å². The van der Waals surface area contributed by atoms with Gasteiger partial charge >= 0.3 is 0 Å². The first kappa shape index (κ1) is 14.4. The van der Waals surface area contributed by atoms with Crippen molar-refractivity contribution in [3.8, 4) is 0 Å². The van der Waals surface area contributed by atoms with Crippen molar-refractivity contribution in [3.05, 3.63) is 32.8 Å². The highest BCUT2D eigenvalue weighted by Gasteiger charge is 2.13. The molecule has 0 spiro atoms. The van der Waals surface area contributed by atoms with E-state index in [0.717, 1.165) is 12.1 Å². The van der Waals surface area contributed by atoms with Crippen LogP contribution in [0.2, 0.25) is 15.1 Å². The summed E-state index contributed by atoms with van der Waals surface area (Å²) in [4.78, 5) is 0. The summed E-state index contributed by atoms with van der Waals surface area (Å²) in [5.41, 5.74) is 0.804. The van der Waals surface area contributed by atoms with E-state index in [1.54, 1.807) is 12.1 Å². The lowest BCUT2D eigenvalue weighted by Crippen LogP contribution is -2.37. The standard InChI is InChI=1S/C13H16Cl3NO/c14-9-5-12(15)11(13(16)6-9)8-18-7-10-3-1-2-4-17-10/h5-6,10,17H,1-4,7-8H2. The van der Waals surface area contributed by atoms with Crippen LogP contribution in [-0.4, -0.2) is 19.2 Å². The van der Waals surface area contributed by atoms with Gasteiger partial charge in [-0.3, -0.25) is 0 Å². The molecule has 1 aromatic rings. The largest absolute Gasteiger partial charge is 0.375 e. The van der Waals surface area contributed by atoms with Crippen LogP contribution in [0.4, 0.5) is 0 Å². The van der Waals surface area contributed by atoms with Crippen molar-refractivity contribution in [2.75, 3.05) is 13.2 Å². The van der Waals surface area contributed by atoms with Gasteiger partial charge in [-0.1, -0.05) is 41.2 Å². The van der Waals surface area contributed by atoms with Gasteiger partial charge in [-0.2, -0.15) is 0 Å². The topological polar surface area (TPSA) is 21.3 Å². The van der Waals surface area contributed by atoms with E-state index in [2.05, 4.69) is 5.32 Å². The van der Waals surface area contributed by atoms with E-state index in [9.17, 15) is 0 Å². The Bertz CT molecular complexity index is 382. The minimum Gasteiger partial charge on any atom is -0.375 e. The lowest BCUT2D eigenvalue weighted by molar-refractivity contribution is 0.0912. The van der Waals surface area contributed by atoms with Gasteiger partial charge in [0.15, 0.2) is 0 Å². The molecule has 100 valence electrons. The number of benzene rings is 1. The average molecular weight is 309 g/mol. The van der Waals surface area contributed by atoms with Crippen LogP contribution in [0.1, 0.15) is 24.8 Å². The van der Waals surface area contributed by atoms with Gasteiger partial charge in [-0.05, 0) is 31.5 Å². The molecule has 0 bridgehead atoms. The third-order valence-corrected chi connectivity index (χ3v) is 3.98. The Morgan fingerprint density at radius 1 is 1.17 bits per heavy atom. The summed E-state index contributed by atoms with van der Waals surface area (Å²) in [5.74, 6) is 0. The van der Waals surface area contributed by atoms with Crippen molar-refractivity contribution in [2.24, 2.45) is 0 Å². The van der Waals surface area contributed by atoms with Crippen LogP contribution in [0.15, 0.2) is 12.1 Å². The fraction of sp³-hybridized carbons (Fsp3) is 0.538. The van der Waals surface area contributed by atoms with Gasteiger partial charge in [0.05, 0.1) is 13.2 Å². The number of hydrogen-bond acceptors (Lipinski definition) is 2. The van der Waals surface area contributed by atoms with Gasteiger partial charge in [0.25, 0.3) is 0 Å². The highest BCUT2D eigenvalue weighted by Crippen LogP contribution is 2.29. The molecule has 1 N–H and O–H groups in total. The summed E-state index contributed by atoms with van der Waals surface area (Å²) in [5, 5.41) is 5.09. The molecule has 1 aliphatic rings. The molecule has 1 aromatic carbocycles. The summed E-state index contributed by atoms with van der Waals surface area (Å²) >= 11 is 18.0. The molecule has 0 radical (unpaired) electrons. The van der Waals surface area contributed by atoms with E-state index in [1.807, 2.05) is 0 Å². The quantitative estimate of drug-likeness (QED) is 0.895. The molecule has 0 amide bonds. The van der Waals surface area contributed by atoms with E-state index < -0.39 is 0 Å². The first-order chi connectivity index (χ1) is 8.66. The summed E-state index contributed by atoms with van der Waals surface area (Å²) in [7, 11) is 0. The predicted octanol–water partition coefficient (Wildman–Crippen LogP) is 4.31. The van der Waals surface area contributed by atoms with Crippen molar-refractivity contribution >= 4 is 34.8 Å². The SMILES string of the molecule is Clc1cc(Cl)c(COCC2CCCCN2)c(Cl)c1. The molecule has 1 unspecified atom stereocenters. The maximum absolute atomic E-state index is 6.09. The Kier molecular flexibility index (Phi) is 5.58. The van der Waals surface area contributed by atoms with Crippen molar-refractivity contribution in [3.63, 3.8) is 0 Å². The third-order valence-electron chi connectivity index (χ3n) is 3.08.